The van der Waals surface area contributed by atoms with E-state index in [0.29, 0.717) is 49.3 Å². The number of aromatic nitrogens is 4. The molecule has 0 saturated heterocycles. The number of rotatable bonds is 4. The van der Waals surface area contributed by atoms with Crippen molar-refractivity contribution in [3.05, 3.63) is 40.3 Å². The van der Waals surface area contributed by atoms with Crippen LogP contribution in [0.2, 0.25) is 0 Å². The van der Waals surface area contributed by atoms with E-state index in [0.717, 1.165) is 0 Å². The van der Waals surface area contributed by atoms with E-state index in [9.17, 15) is 9.59 Å². The van der Waals surface area contributed by atoms with E-state index in [1.807, 2.05) is 0 Å². The number of nitrogens with zero attached hydrogens (tertiary/aromatic N) is 5. The summed E-state index contributed by atoms with van der Waals surface area (Å²) in [6, 6.07) is 2.61. The molecule has 0 fully saturated rings. The Labute approximate surface area is 143 Å². The van der Waals surface area contributed by atoms with Gasteiger partial charge in [-0.25, -0.2) is 19.7 Å². The van der Waals surface area contributed by atoms with E-state index in [2.05, 4.69) is 20.3 Å². The number of ether oxygens (including phenoxy) is 1. The highest BCUT2D eigenvalue weighted by Gasteiger charge is 2.19. The summed E-state index contributed by atoms with van der Waals surface area (Å²) in [5, 5.41) is 3.07. The molecule has 2 aromatic heterocycles. The van der Waals surface area contributed by atoms with Crippen LogP contribution >= 0.6 is 0 Å². The zero-order valence-electron chi connectivity index (χ0n) is 13.8. The second-order valence-corrected chi connectivity index (χ2v) is 5.57. The molecule has 25 heavy (non-hydrogen) atoms. The Balaban J connectivity index is 1.80. The standard InChI is InChI=1S/C15H19N7O3/c1-25-13-6-11(18-9-19-13)17-7-10-5-14(23)22-4-2-3-21(15(16)24)8-12(22)20-10/h5-6,9H,2-4,7-8H2,1H3,(H2,16,24)(H,17,18,19). The first-order chi connectivity index (χ1) is 12.1. The first-order valence-corrected chi connectivity index (χ1v) is 7.80. The Hall–Kier alpha value is -3.17. The van der Waals surface area contributed by atoms with Gasteiger partial charge in [-0.05, 0) is 6.42 Å². The zero-order chi connectivity index (χ0) is 17.8. The number of carbonyl (C=O) groups is 1. The van der Waals surface area contributed by atoms with Crippen molar-refractivity contribution in [1.82, 2.24) is 24.4 Å². The number of carbonyl (C=O) groups excluding carboxylic acids is 1. The molecule has 10 heteroatoms. The van der Waals surface area contributed by atoms with Crippen LogP contribution in [0.1, 0.15) is 17.9 Å². The minimum Gasteiger partial charge on any atom is -0.481 e. The summed E-state index contributed by atoms with van der Waals surface area (Å²) in [5.41, 5.74) is 5.78. The lowest BCUT2D eigenvalue weighted by Gasteiger charge is -2.17. The number of anilines is 1. The van der Waals surface area contributed by atoms with Gasteiger partial charge in [0.1, 0.15) is 18.0 Å². The molecular weight excluding hydrogens is 326 g/mol. The molecule has 0 saturated carbocycles. The fourth-order valence-corrected chi connectivity index (χ4v) is 2.64. The third kappa shape index (κ3) is 3.84. The number of nitrogens with one attached hydrogen (secondary N) is 1. The van der Waals surface area contributed by atoms with E-state index < -0.39 is 6.03 Å². The maximum atomic E-state index is 12.3. The number of nitrogens with two attached hydrogens (primary N) is 1. The molecule has 0 spiro atoms. The Morgan fingerprint density at radius 2 is 2.20 bits per heavy atom. The second-order valence-electron chi connectivity index (χ2n) is 5.57. The quantitative estimate of drug-likeness (QED) is 0.794. The normalized spacial score (nSPS) is 13.7. The number of methoxy groups -OCH3 is 1. The van der Waals surface area contributed by atoms with Crippen molar-refractivity contribution in [2.45, 2.75) is 26.1 Å². The van der Waals surface area contributed by atoms with Gasteiger partial charge in [0, 0.05) is 25.2 Å². The van der Waals surface area contributed by atoms with Crippen molar-refractivity contribution in [2.24, 2.45) is 5.73 Å². The number of amides is 2. The second kappa shape index (κ2) is 7.16. The van der Waals surface area contributed by atoms with Crippen LogP contribution in [0.4, 0.5) is 10.6 Å². The fourth-order valence-electron chi connectivity index (χ4n) is 2.64. The van der Waals surface area contributed by atoms with E-state index in [1.165, 1.54) is 24.4 Å². The van der Waals surface area contributed by atoms with E-state index in [1.54, 1.807) is 10.6 Å². The summed E-state index contributed by atoms with van der Waals surface area (Å²) >= 11 is 0. The number of urea groups is 1. The van der Waals surface area contributed by atoms with Gasteiger partial charge in [0.05, 0.1) is 25.9 Å². The van der Waals surface area contributed by atoms with E-state index >= 15 is 0 Å². The maximum absolute atomic E-state index is 12.3. The third-order valence-electron chi connectivity index (χ3n) is 3.90. The molecule has 1 aliphatic heterocycles. The van der Waals surface area contributed by atoms with Crippen LogP contribution in [0.15, 0.2) is 23.3 Å². The summed E-state index contributed by atoms with van der Waals surface area (Å²) in [6.45, 7) is 1.55. The molecule has 0 atom stereocenters. The topological polar surface area (TPSA) is 128 Å². The average Bonchev–Trinajstić information content (AvgIpc) is 2.83. The summed E-state index contributed by atoms with van der Waals surface area (Å²) in [7, 11) is 1.52. The van der Waals surface area contributed by atoms with Gasteiger partial charge in [-0.2, -0.15) is 0 Å². The van der Waals surface area contributed by atoms with Crippen LogP contribution < -0.4 is 21.3 Å². The highest BCUT2D eigenvalue weighted by atomic mass is 16.5. The third-order valence-corrected chi connectivity index (χ3v) is 3.90. The average molecular weight is 345 g/mol. The van der Waals surface area contributed by atoms with Gasteiger partial charge in [-0.15, -0.1) is 0 Å². The molecule has 3 heterocycles. The number of primary amides is 1. The maximum Gasteiger partial charge on any atom is 0.315 e. The number of hydrogen-bond donors (Lipinski definition) is 2. The molecule has 2 aromatic rings. The smallest absolute Gasteiger partial charge is 0.315 e. The molecule has 0 radical (unpaired) electrons. The largest absolute Gasteiger partial charge is 0.481 e. The predicted octanol–water partition coefficient (Wildman–Crippen LogP) is -0.0616. The van der Waals surface area contributed by atoms with Crippen molar-refractivity contribution < 1.29 is 9.53 Å². The number of hydrogen-bond acceptors (Lipinski definition) is 7. The molecule has 0 aliphatic carbocycles. The van der Waals surface area contributed by atoms with Crippen LogP contribution in [-0.2, 0) is 19.6 Å². The zero-order valence-corrected chi connectivity index (χ0v) is 13.8. The van der Waals surface area contributed by atoms with Gasteiger partial charge < -0.3 is 20.7 Å². The lowest BCUT2D eigenvalue weighted by Crippen LogP contribution is -2.36. The summed E-state index contributed by atoms with van der Waals surface area (Å²) < 4.78 is 6.62. The van der Waals surface area contributed by atoms with Crippen LogP contribution in [-0.4, -0.2) is 44.1 Å². The van der Waals surface area contributed by atoms with Crippen molar-refractivity contribution in [1.29, 1.82) is 0 Å². The van der Waals surface area contributed by atoms with Crippen molar-refractivity contribution in [2.75, 3.05) is 19.0 Å². The lowest BCUT2D eigenvalue weighted by atomic mass is 10.3. The van der Waals surface area contributed by atoms with Gasteiger partial charge in [0.15, 0.2) is 0 Å². The summed E-state index contributed by atoms with van der Waals surface area (Å²) in [4.78, 5) is 37.8. The van der Waals surface area contributed by atoms with Crippen LogP contribution in [0.25, 0.3) is 0 Å². The molecule has 2 amide bonds. The van der Waals surface area contributed by atoms with Crippen LogP contribution in [0.3, 0.4) is 0 Å². The van der Waals surface area contributed by atoms with Crippen molar-refractivity contribution >= 4 is 11.8 Å². The Kier molecular flexibility index (Phi) is 4.78. The SMILES string of the molecule is COc1cc(NCc2cc(=O)n3c(n2)CN(C(N)=O)CCC3)ncn1. The molecule has 1 aliphatic rings. The monoisotopic (exact) mass is 345 g/mol. The molecular formula is C15H19N7O3. The first-order valence-electron chi connectivity index (χ1n) is 7.80. The fraction of sp³-hybridized carbons (Fsp3) is 0.400. The predicted molar refractivity (Wildman–Crippen MR) is 89.0 cm³/mol. The van der Waals surface area contributed by atoms with Crippen molar-refractivity contribution in [3.63, 3.8) is 0 Å². The van der Waals surface area contributed by atoms with Gasteiger partial charge >= 0.3 is 6.03 Å². The minimum atomic E-state index is -0.515. The number of fused-ring (bicyclic) bond motifs is 1. The molecule has 0 bridgehead atoms. The lowest BCUT2D eigenvalue weighted by molar-refractivity contribution is 0.205. The Morgan fingerprint density at radius 1 is 1.36 bits per heavy atom. The van der Waals surface area contributed by atoms with Crippen LogP contribution in [0.5, 0.6) is 5.88 Å². The van der Waals surface area contributed by atoms with E-state index in [4.69, 9.17) is 10.5 Å². The van der Waals surface area contributed by atoms with Gasteiger partial charge in [0.25, 0.3) is 5.56 Å². The molecule has 0 unspecified atom stereocenters. The van der Waals surface area contributed by atoms with Gasteiger partial charge in [-0.3, -0.25) is 9.36 Å². The first kappa shape index (κ1) is 16.7. The summed E-state index contributed by atoms with van der Waals surface area (Å²) in [6.07, 6.45) is 2.04. The highest BCUT2D eigenvalue weighted by molar-refractivity contribution is 5.71. The highest BCUT2D eigenvalue weighted by Crippen LogP contribution is 2.12. The summed E-state index contributed by atoms with van der Waals surface area (Å²) in [5.74, 6) is 1.52. The minimum absolute atomic E-state index is 0.145. The van der Waals surface area contributed by atoms with E-state index in [-0.39, 0.29) is 12.1 Å². The Bertz CT molecular complexity index is 836. The molecule has 0 aromatic carbocycles. The molecule has 3 N–H and O–H groups in total. The molecule has 10 nitrogen and oxygen atoms in total. The van der Waals surface area contributed by atoms with Crippen molar-refractivity contribution in [3.8, 4) is 5.88 Å². The van der Waals surface area contributed by atoms with Crippen LogP contribution in [0, 0.1) is 0 Å². The van der Waals surface area contributed by atoms with Gasteiger partial charge in [0.2, 0.25) is 5.88 Å². The molecule has 132 valence electrons. The van der Waals surface area contributed by atoms with Gasteiger partial charge in [-0.1, -0.05) is 0 Å². The Morgan fingerprint density at radius 3 is 2.96 bits per heavy atom. The molecule has 3 rings (SSSR count).